The van der Waals surface area contributed by atoms with Crippen LogP contribution in [0.15, 0.2) is 35.2 Å². The van der Waals surface area contributed by atoms with Crippen LogP contribution in [0.2, 0.25) is 0 Å². The van der Waals surface area contributed by atoms with Crippen LogP contribution in [0.5, 0.6) is 0 Å². The van der Waals surface area contributed by atoms with Crippen molar-refractivity contribution < 1.29 is 0 Å². The topological polar surface area (TPSA) is 0 Å². The van der Waals surface area contributed by atoms with E-state index in [2.05, 4.69) is 24.3 Å². The predicted octanol–water partition coefficient (Wildman–Crippen LogP) is 3.16. The van der Waals surface area contributed by atoms with Crippen LogP contribution in [-0.2, 0) is 0 Å². The molecule has 0 nitrogen and oxygen atoms in total. The second-order valence-electron chi connectivity index (χ2n) is 2.72. The average molecular weight is 185 g/mol. The molecule has 1 aromatic rings. The highest BCUT2D eigenvalue weighted by Crippen LogP contribution is 2.42. The molecule has 0 bridgehead atoms. The number of hydrogen-bond donors (Lipinski definition) is 0. The quantitative estimate of drug-likeness (QED) is 0.637. The molecule has 1 saturated carbocycles. The van der Waals surface area contributed by atoms with Crippen LogP contribution < -0.4 is 0 Å². The monoisotopic (exact) mass is 184 g/mol. The lowest BCUT2D eigenvalue weighted by atomic mass is 10.4. The van der Waals surface area contributed by atoms with Gasteiger partial charge >= 0.3 is 0 Å². The molecular weight excluding hydrogens is 176 g/mol. The van der Waals surface area contributed by atoms with Crippen LogP contribution in [0.25, 0.3) is 0 Å². The van der Waals surface area contributed by atoms with E-state index in [0.29, 0.717) is 10.6 Å². The van der Waals surface area contributed by atoms with Gasteiger partial charge in [0.2, 0.25) is 0 Å². The Morgan fingerprint density at radius 1 is 1.27 bits per heavy atom. The fourth-order valence-electron chi connectivity index (χ4n) is 0.939. The van der Waals surface area contributed by atoms with E-state index in [1.807, 2.05) is 17.8 Å². The molecule has 0 N–H and O–H groups in total. The summed E-state index contributed by atoms with van der Waals surface area (Å²) in [5.41, 5.74) is 0. The van der Waals surface area contributed by atoms with Crippen molar-refractivity contribution in [2.45, 2.75) is 21.9 Å². The predicted molar refractivity (Wildman–Crippen MR) is 50.3 cm³/mol. The Hall–Kier alpha value is -0.140. The number of hydrogen-bond acceptors (Lipinski definition) is 1. The molecule has 0 spiro atoms. The van der Waals surface area contributed by atoms with Crippen LogP contribution in [0, 0.1) is 0 Å². The van der Waals surface area contributed by atoms with E-state index in [-0.39, 0.29) is 0 Å². The molecule has 1 fully saturated rings. The second-order valence-corrected chi connectivity index (χ2v) is 4.59. The fourth-order valence-corrected chi connectivity index (χ4v) is 2.51. The molecule has 1 aliphatic rings. The SMILES string of the molecule is Cl[C@H]1C[C@H]1Sc1ccccc1. The minimum Gasteiger partial charge on any atom is -0.122 e. The second kappa shape index (κ2) is 3.08. The summed E-state index contributed by atoms with van der Waals surface area (Å²) in [5.74, 6) is 0. The molecule has 0 saturated heterocycles. The van der Waals surface area contributed by atoms with Gasteiger partial charge in [-0.15, -0.1) is 23.4 Å². The van der Waals surface area contributed by atoms with Crippen molar-refractivity contribution in [1.82, 2.24) is 0 Å². The van der Waals surface area contributed by atoms with Gasteiger partial charge in [-0.1, -0.05) is 18.2 Å². The Labute approximate surface area is 75.9 Å². The van der Waals surface area contributed by atoms with Crippen LogP contribution in [0.4, 0.5) is 0 Å². The van der Waals surface area contributed by atoms with Crippen LogP contribution in [-0.4, -0.2) is 10.6 Å². The fraction of sp³-hybridized carbons (Fsp3) is 0.333. The van der Waals surface area contributed by atoms with Crippen LogP contribution in [0.3, 0.4) is 0 Å². The third-order valence-electron chi connectivity index (χ3n) is 1.69. The summed E-state index contributed by atoms with van der Waals surface area (Å²) < 4.78 is 0. The van der Waals surface area contributed by atoms with Gasteiger partial charge < -0.3 is 0 Å². The maximum Gasteiger partial charge on any atom is 0.0470 e. The van der Waals surface area contributed by atoms with Gasteiger partial charge in [0.15, 0.2) is 0 Å². The summed E-state index contributed by atoms with van der Waals surface area (Å²) in [4.78, 5) is 1.33. The maximum atomic E-state index is 5.88. The first-order valence-electron chi connectivity index (χ1n) is 3.72. The average Bonchev–Trinajstić information content (AvgIpc) is 2.69. The highest BCUT2D eigenvalue weighted by Gasteiger charge is 2.35. The molecule has 1 aliphatic carbocycles. The lowest BCUT2D eigenvalue weighted by Crippen LogP contribution is -1.78. The van der Waals surface area contributed by atoms with Gasteiger partial charge in [0.05, 0.1) is 0 Å². The number of thioether (sulfide) groups is 1. The highest BCUT2D eigenvalue weighted by atomic mass is 35.5. The Kier molecular flexibility index (Phi) is 2.10. The lowest BCUT2D eigenvalue weighted by molar-refractivity contribution is 1.42. The van der Waals surface area contributed by atoms with Gasteiger partial charge in [0, 0.05) is 15.5 Å². The third-order valence-corrected chi connectivity index (χ3v) is 3.69. The Morgan fingerprint density at radius 3 is 2.45 bits per heavy atom. The Balaban J connectivity index is 1.97. The minimum atomic E-state index is 0.417. The van der Waals surface area contributed by atoms with Crippen LogP contribution >= 0.6 is 23.4 Å². The molecule has 11 heavy (non-hydrogen) atoms. The maximum absolute atomic E-state index is 5.88. The van der Waals surface area contributed by atoms with E-state index in [1.54, 1.807) is 0 Å². The third kappa shape index (κ3) is 1.91. The summed E-state index contributed by atoms with van der Waals surface area (Å²) in [7, 11) is 0. The van der Waals surface area contributed by atoms with Gasteiger partial charge in [-0.25, -0.2) is 0 Å². The smallest absolute Gasteiger partial charge is 0.0470 e. The molecule has 0 aromatic heterocycles. The summed E-state index contributed by atoms with van der Waals surface area (Å²) >= 11 is 7.77. The molecule has 0 heterocycles. The van der Waals surface area contributed by atoms with Crippen molar-refractivity contribution in [3.63, 3.8) is 0 Å². The van der Waals surface area contributed by atoms with Crippen molar-refractivity contribution in [2.24, 2.45) is 0 Å². The molecule has 0 radical (unpaired) electrons. The molecule has 1 aromatic carbocycles. The number of benzene rings is 1. The summed E-state index contributed by atoms with van der Waals surface area (Å²) in [5, 5.41) is 1.08. The van der Waals surface area contributed by atoms with Gasteiger partial charge in [0.1, 0.15) is 0 Å². The number of rotatable bonds is 2. The number of alkyl halides is 1. The van der Waals surface area contributed by atoms with Crippen molar-refractivity contribution in [3.8, 4) is 0 Å². The Morgan fingerprint density at radius 2 is 1.91 bits per heavy atom. The van der Waals surface area contributed by atoms with E-state index >= 15 is 0 Å². The minimum absolute atomic E-state index is 0.417. The normalized spacial score (nSPS) is 28.5. The number of halogens is 1. The van der Waals surface area contributed by atoms with Gasteiger partial charge in [-0.05, 0) is 18.6 Å². The van der Waals surface area contributed by atoms with E-state index in [4.69, 9.17) is 11.6 Å². The highest BCUT2D eigenvalue weighted by molar-refractivity contribution is 8.00. The van der Waals surface area contributed by atoms with Crippen molar-refractivity contribution in [1.29, 1.82) is 0 Å². The van der Waals surface area contributed by atoms with E-state index in [0.717, 1.165) is 0 Å². The van der Waals surface area contributed by atoms with Crippen LogP contribution in [0.1, 0.15) is 6.42 Å². The molecule has 2 atom stereocenters. The lowest BCUT2D eigenvalue weighted by Gasteiger charge is -1.96. The molecule has 0 unspecified atom stereocenters. The van der Waals surface area contributed by atoms with Gasteiger partial charge in [-0.3, -0.25) is 0 Å². The molecule has 58 valence electrons. The van der Waals surface area contributed by atoms with Gasteiger partial charge in [-0.2, -0.15) is 0 Å². The zero-order chi connectivity index (χ0) is 7.68. The first kappa shape index (κ1) is 7.51. The zero-order valence-corrected chi connectivity index (χ0v) is 7.61. The molecule has 2 heteroatoms. The molecule has 2 rings (SSSR count). The van der Waals surface area contributed by atoms with Crippen molar-refractivity contribution in [2.75, 3.05) is 0 Å². The van der Waals surface area contributed by atoms with Crippen molar-refractivity contribution in [3.05, 3.63) is 30.3 Å². The van der Waals surface area contributed by atoms with Gasteiger partial charge in [0.25, 0.3) is 0 Å². The standard InChI is InChI=1S/C9H9ClS/c10-8-6-9(8)11-7-4-2-1-3-5-7/h1-5,8-9H,6H2/t8-,9+/m0/s1. The molecular formula is C9H9ClS. The zero-order valence-electron chi connectivity index (χ0n) is 6.03. The molecule has 0 amide bonds. The van der Waals surface area contributed by atoms with E-state index in [1.165, 1.54) is 11.3 Å². The summed E-state index contributed by atoms with van der Waals surface area (Å²) in [6.07, 6.45) is 1.17. The van der Waals surface area contributed by atoms with E-state index in [9.17, 15) is 0 Å². The summed E-state index contributed by atoms with van der Waals surface area (Å²) in [6, 6.07) is 10.4. The van der Waals surface area contributed by atoms with E-state index < -0.39 is 0 Å². The largest absolute Gasteiger partial charge is 0.122 e. The molecule has 0 aliphatic heterocycles. The summed E-state index contributed by atoms with van der Waals surface area (Å²) in [6.45, 7) is 0. The first-order chi connectivity index (χ1) is 5.36. The first-order valence-corrected chi connectivity index (χ1v) is 5.03. The van der Waals surface area contributed by atoms with Crippen molar-refractivity contribution >= 4 is 23.4 Å². The Bertz CT molecular complexity index is 235.